The zero-order valence-electron chi connectivity index (χ0n) is 10.5. The number of hydrogen-bond donors (Lipinski definition) is 1. The fourth-order valence-corrected chi connectivity index (χ4v) is 2.53. The minimum absolute atomic E-state index is 0.0502. The number of carbonyl (C=O) groups excluding carboxylic acids is 1. The summed E-state index contributed by atoms with van der Waals surface area (Å²) in [6.07, 6.45) is 2.76. The van der Waals surface area contributed by atoms with Crippen molar-refractivity contribution in [1.29, 1.82) is 0 Å². The van der Waals surface area contributed by atoms with Crippen molar-refractivity contribution in [3.63, 3.8) is 0 Å². The van der Waals surface area contributed by atoms with Gasteiger partial charge < -0.3 is 10.6 Å². The van der Waals surface area contributed by atoms with Gasteiger partial charge in [-0.1, -0.05) is 31.2 Å². The van der Waals surface area contributed by atoms with E-state index >= 15 is 0 Å². The van der Waals surface area contributed by atoms with Crippen LogP contribution < -0.4 is 5.73 Å². The monoisotopic (exact) mass is 232 g/mol. The van der Waals surface area contributed by atoms with Gasteiger partial charge in [0.05, 0.1) is 12.1 Å². The summed E-state index contributed by atoms with van der Waals surface area (Å²) in [5.41, 5.74) is 8.46. The summed E-state index contributed by atoms with van der Waals surface area (Å²) in [6.45, 7) is 1.94. The third-order valence-electron chi connectivity index (χ3n) is 3.67. The van der Waals surface area contributed by atoms with Gasteiger partial charge in [-0.25, -0.2) is 0 Å². The van der Waals surface area contributed by atoms with Gasteiger partial charge in [-0.2, -0.15) is 0 Å². The molecule has 0 radical (unpaired) electrons. The first kappa shape index (κ1) is 12.1. The third-order valence-corrected chi connectivity index (χ3v) is 3.67. The van der Waals surface area contributed by atoms with Crippen LogP contribution in [0.1, 0.15) is 36.9 Å². The van der Waals surface area contributed by atoms with Crippen LogP contribution >= 0.6 is 0 Å². The van der Waals surface area contributed by atoms with E-state index in [1.54, 1.807) is 0 Å². The van der Waals surface area contributed by atoms with E-state index in [-0.39, 0.29) is 18.0 Å². The fraction of sp³-hybridized carbons (Fsp3) is 0.500. The maximum atomic E-state index is 12.1. The predicted octanol–water partition coefficient (Wildman–Crippen LogP) is 1.87. The summed E-state index contributed by atoms with van der Waals surface area (Å²) < 4.78 is 0. The average molecular weight is 232 g/mol. The van der Waals surface area contributed by atoms with Crippen molar-refractivity contribution >= 4 is 5.91 Å². The lowest BCUT2D eigenvalue weighted by Crippen LogP contribution is -2.42. The van der Waals surface area contributed by atoms with E-state index < -0.39 is 0 Å². The van der Waals surface area contributed by atoms with Gasteiger partial charge in [0.2, 0.25) is 5.91 Å². The highest BCUT2D eigenvalue weighted by Gasteiger charge is 2.29. The van der Waals surface area contributed by atoms with E-state index in [0.29, 0.717) is 6.42 Å². The lowest BCUT2D eigenvalue weighted by molar-refractivity contribution is -0.133. The van der Waals surface area contributed by atoms with Gasteiger partial charge in [0.25, 0.3) is 0 Å². The molecule has 0 heterocycles. The summed E-state index contributed by atoms with van der Waals surface area (Å²) in [4.78, 5) is 13.9. The maximum Gasteiger partial charge on any atom is 0.239 e. The van der Waals surface area contributed by atoms with Crippen LogP contribution in [0.25, 0.3) is 0 Å². The van der Waals surface area contributed by atoms with E-state index in [2.05, 4.69) is 18.2 Å². The summed E-state index contributed by atoms with van der Waals surface area (Å²) in [5.74, 6) is 0.0502. The Balaban J connectivity index is 2.17. The third kappa shape index (κ3) is 2.20. The standard InChI is InChI=1S/C14H20N2O/c1-3-12(15)14(17)16(2)13-9-8-10-6-4-5-7-11(10)13/h4-7,12-13H,3,8-9,15H2,1-2H3. The Kier molecular flexibility index (Phi) is 3.48. The molecule has 0 spiro atoms. The number of likely N-dealkylation sites (N-methyl/N-ethyl adjacent to an activating group) is 1. The van der Waals surface area contributed by atoms with Gasteiger partial charge in [0.15, 0.2) is 0 Å². The van der Waals surface area contributed by atoms with Gasteiger partial charge in [0, 0.05) is 7.05 Å². The van der Waals surface area contributed by atoms with Gasteiger partial charge in [0.1, 0.15) is 0 Å². The second-order valence-corrected chi connectivity index (χ2v) is 4.72. The molecule has 2 unspecified atom stereocenters. The number of fused-ring (bicyclic) bond motifs is 1. The van der Waals surface area contributed by atoms with Crippen LogP contribution in [0.3, 0.4) is 0 Å². The van der Waals surface area contributed by atoms with E-state index in [9.17, 15) is 4.79 Å². The first-order valence-corrected chi connectivity index (χ1v) is 6.25. The number of benzene rings is 1. The lowest BCUT2D eigenvalue weighted by atomic mass is 10.1. The maximum absolute atomic E-state index is 12.1. The van der Waals surface area contributed by atoms with Crippen molar-refractivity contribution in [3.05, 3.63) is 35.4 Å². The topological polar surface area (TPSA) is 46.3 Å². The molecular weight excluding hydrogens is 212 g/mol. The molecule has 2 N–H and O–H groups in total. The molecule has 1 aliphatic rings. The zero-order valence-corrected chi connectivity index (χ0v) is 10.5. The number of carbonyl (C=O) groups is 1. The molecule has 3 nitrogen and oxygen atoms in total. The SMILES string of the molecule is CCC(N)C(=O)N(C)C1CCc2ccccc21. The summed E-state index contributed by atoms with van der Waals surface area (Å²) in [6, 6.07) is 8.20. The van der Waals surface area contributed by atoms with Crippen molar-refractivity contribution < 1.29 is 4.79 Å². The highest BCUT2D eigenvalue weighted by Crippen LogP contribution is 2.34. The van der Waals surface area contributed by atoms with Crippen LogP contribution in [0, 0.1) is 0 Å². The van der Waals surface area contributed by atoms with E-state index in [4.69, 9.17) is 5.73 Å². The Bertz CT molecular complexity index is 416. The molecule has 2 atom stereocenters. The predicted molar refractivity (Wildman–Crippen MR) is 68.5 cm³/mol. The van der Waals surface area contributed by atoms with Crippen molar-refractivity contribution in [1.82, 2.24) is 4.90 Å². The summed E-state index contributed by atoms with van der Waals surface area (Å²) in [5, 5.41) is 0. The van der Waals surface area contributed by atoms with Crippen molar-refractivity contribution in [2.45, 2.75) is 38.3 Å². The molecule has 3 heteroatoms. The van der Waals surface area contributed by atoms with Gasteiger partial charge in [-0.3, -0.25) is 4.79 Å². The minimum Gasteiger partial charge on any atom is -0.337 e. The molecule has 1 aromatic carbocycles. The van der Waals surface area contributed by atoms with Crippen molar-refractivity contribution in [3.8, 4) is 0 Å². The van der Waals surface area contributed by atoms with Gasteiger partial charge in [-0.05, 0) is 30.4 Å². The number of aryl methyl sites for hydroxylation is 1. The molecule has 0 aromatic heterocycles. The Morgan fingerprint density at radius 3 is 2.94 bits per heavy atom. The molecule has 1 aliphatic carbocycles. The fourth-order valence-electron chi connectivity index (χ4n) is 2.53. The molecule has 0 saturated heterocycles. The van der Waals surface area contributed by atoms with Crippen LogP contribution in [0.4, 0.5) is 0 Å². The molecule has 0 saturated carbocycles. The first-order valence-electron chi connectivity index (χ1n) is 6.25. The van der Waals surface area contributed by atoms with E-state index in [0.717, 1.165) is 12.8 Å². The Hall–Kier alpha value is -1.35. The number of nitrogens with two attached hydrogens (primary N) is 1. The second-order valence-electron chi connectivity index (χ2n) is 4.72. The second kappa shape index (κ2) is 4.88. The number of rotatable bonds is 3. The summed E-state index contributed by atoms with van der Waals surface area (Å²) >= 11 is 0. The van der Waals surface area contributed by atoms with Crippen LogP contribution in [0.5, 0.6) is 0 Å². The number of amides is 1. The first-order chi connectivity index (χ1) is 8.15. The Morgan fingerprint density at radius 2 is 2.24 bits per heavy atom. The van der Waals surface area contributed by atoms with Crippen LogP contribution in [-0.2, 0) is 11.2 Å². The zero-order chi connectivity index (χ0) is 12.4. The summed E-state index contributed by atoms with van der Waals surface area (Å²) in [7, 11) is 1.87. The van der Waals surface area contributed by atoms with Crippen molar-refractivity contribution in [2.75, 3.05) is 7.05 Å². The molecule has 17 heavy (non-hydrogen) atoms. The van der Waals surface area contributed by atoms with Crippen LogP contribution in [0.15, 0.2) is 24.3 Å². The minimum atomic E-state index is -0.368. The largest absolute Gasteiger partial charge is 0.337 e. The smallest absolute Gasteiger partial charge is 0.239 e. The molecule has 1 aromatic rings. The Labute approximate surface area is 103 Å². The molecular formula is C14H20N2O. The lowest BCUT2D eigenvalue weighted by Gasteiger charge is -2.27. The molecule has 0 aliphatic heterocycles. The van der Waals surface area contributed by atoms with Crippen LogP contribution in [-0.4, -0.2) is 23.9 Å². The quantitative estimate of drug-likeness (QED) is 0.864. The van der Waals surface area contributed by atoms with E-state index in [1.165, 1.54) is 11.1 Å². The van der Waals surface area contributed by atoms with Gasteiger partial charge in [-0.15, -0.1) is 0 Å². The van der Waals surface area contributed by atoms with Crippen molar-refractivity contribution in [2.24, 2.45) is 5.73 Å². The molecule has 0 fully saturated rings. The molecule has 1 amide bonds. The van der Waals surface area contributed by atoms with Gasteiger partial charge >= 0.3 is 0 Å². The highest BCUT2D eigenvalue weighted by molar-refractivity contribution is 5.81. The number of hydrogen-bond acceptors (Lipinski definition) is 2. The number of nitrogens with zero attached hydrogens (tertiary/aromatic N) is 1. The Morgan fingerprint density at radius 1 is 1.53 bits per heavy atom. The van der Waals surface area contributed by atoms with Crippen LogP contribution in [0.2, 0.25) is 0 Å². The molecule has 2 rings (SSSR count). The highest BCUT2D eigenvalue weighted by atomic mass is 16.2. The normalized spacial score (nSPS) is 19.8. The average Bonchev–Trinajstić information content (AvgIpc) is 2.79. The molecule has 92 valence electrons. The van der Waals surface area contributed by atoms with E-state index in [1.807, 2.05) is 24.9 Å². The molecule has 0 bridgehead atoms.